The molecule has 0 bridgehead atoms. The molecular weight excluding hydrogens is 395 g/mol. The molecule has 1 saturated heterocycles. The number of hydrogen-bond donors (Lipinski definition) is 1. The summed E-state index contributed by atoms with van der Waals surface area (Å²) < 4.78 is 41.0. The Balaban J connectivity index is 1.56. The summed E-state index contributed by atoms with van der Waals surface area (Å²) in [5, 5.41) is 4.55. The van der Waals surface area contributed by atoms with E-state index in [1.165, 1.54) is 29.7 Å². The Bertz CT molecular complexity index is 810. The van der Waals surface area contributed by atoms with Crippen LogP contribution in [0.25, 0.3) is 0 Å². The molecule has 28 heavy (non-hydrogen) atoms. The van der Waals surface area contributed by atoms with Gasteiger partial charge in [-0.2, -0.15) is 13.2 Å². The highest BCUT2D eigenvalue weighted by Gasteiger charge is 2.34. The van der Waals surface area contributed by atoms with E-state index in [-0.39, 0.29) is 24.1 Å². The second kappa shape index (κ2) is 8.59. The maximum atomic E-state index is 12.6. The first-order valence-electron chi connectivity index (χ1n) is 8.60. The minimum atomic E-state index is -4.45. The molecule has 6 nitrogen and oxygen atoms in total. The lowest BCUT2D eigenvalue weighted by Gasteiger charge is -2.23. The van der Waals surface area contributed by atoms with E-state index < -0.39 is 18.8 Å². The Kier molecular flexibility index (Phi) is 6.18. The van der Waals surface area contributed by atoms with Crippen LogP contribution in [0.1, 0.15) is 17.7 Å². The third kappa shape index (κ3) is 5.44. The third-order valence-corrected chi connectivity index (χ3v) is 5.05. The predicted molar refractivity (Wildman–Crippen MR) is 97.2 cm³/mol. The van der Waals surface area contributed by atoms with Gasteiger partial charge in [0.2, 0.25) is 17.7 Å². The zero-order chi connectivity index (χ0) is 20.1. The second-order valence-electron chi connectivity index (χ2n) is 6.28. The lowest BCUT2D eigenvalue weighted by Crippen LogP contribution is -2.43. The number of aromatic nitrogens is 1. The molecule has 2 aromatic heterocycles. The Labute approximate surface area is 163 Å². The molecule has 0 spiro atoms. The number of anilines is 1. The number of likely N-dealkylation sites (tertiary alicyclic amines) is 1. The molecule has 1 aliphatic heterocycles. The van der Waals surface area contributed by atoms with E-state index in [0.29, 0.717) is 18.7 Å². The van der Waals surface area contributed by atoms with E-state index in [2.05, 4.69) is 15.0 Å². The highest BCUT2D eigenvalue weighted by molar-refractivity contribution is 7.10. The number of halogens is 3. The van der Waals surface area contributed by atoms with Gasteiger partial charge in [0.1, 0.15) is 6.04 Å². The molecule has 3 rings (SSSR count). The number of carbonyl (C=O) groups excluding carboxylic acids is 2. The number of thiophene rings is 1. The molecule has 0 radical (unpaired) electrons. The summed E-state index contributed by atoms with van der Waals surface area (Å²) in [6.07, 6.45) is -1.68. The molecule has 1 atom stereocenters. The number of pyridine rings is 1. The summed E-state index contributed by atoms with van der Waals surface area (Å²) in [7, 11) is 0. The largest absolute Gasteiger partial charge is 0.468 e. The number of hydrogen-bond acceptors (Lipinski definition) is 5. The predicted octanol–water partition coefficient (Wildman–Crippen LogP) is 3.26. The number of amides is 2. The first-order chi connectivity index (χ1) is 13.3. The number of nitrogens with one attached hydrogen (secondary N) is 1. The smallest absolute Gasteiger partial charge is 0.422 e. The molecule has 1 N–H and O–H groups in total. The van der Waals surface area contributed by atoms with Crippen LogP contribution in [0, 0.1) is 0 Å². The van der Waals surface area contributed by atoms with Crippen LogP contribution in [0.2, 0.25) is 0 Å². The average Bonchev–Trinajstić information content (AvgIpc) is 3.32. The fraction of sp³-hybridized carbons (Fsp3) is 0.389. The average molecular weight is 413 g/mol. The summed E-state index contributed by atoms with van der Waals surface area (Å²) in [4.78, 5) is 31.3. The molecule has 150 valence electrons. The van der Waals surface area contributed by atoms with Crippen LogP contribution in [0.5, 0.6) is 5.88 Å². The highest BCUT2D eigenvalue weighted by Crippen LogP contribution is 2.22. The van der Waals surface area contributed by atoms with Crippen LogP contribution in [-0.4, -0.2) is 47.1 Å². The van der Waals surface area contributed by atoms with Gasteiger partial charge in [0.25, 0.3) is 0 Å². The minimum Gasteiger partial charge on any atom is -0.468 e. The molecular formula is C18H18F3N3O3S. The van der Waals surface area contributed by atoms with Crippen molar-refractivity contribution in [2.45, 2.75) is 31.5 Å². The minimum absolute atomic E-state index is 0.103. The van der Waals surface area contributed by atoms with Crippen LogP contribution in [0.4, 0.5) is 18.9 Å². The number of nitrogens with zero attached hydrogens (tertiary/aromatic N) is 2. The van der Waals surface area contributed by atoms with E-state index in [1.54, 1.807) is 4.90 Å². The van der Waals surface area contributed by atoms with Crippen LogP contribution in [-0.2, 0) is 16.0 Å². The van der Waals surface area contributed by atoms with Gasteiger partial charge in [-0.3, -0.25) is 9.59 Å². The van der Waals surface area contributed by atoms with E-state index in [0.717, 1.165) is 11.3 Å². The van der Waals surface area contributed by atoms with E-state index in [9.17, 15) is 22.8 Å². The Morgan fingerprint density at radius 1 is 1.32 bits per heavy atom. The summed E-state index contributed by atoms with van der Waals surface area (Å²) >= 11 is 1.49. The van der Waals surface area contributed by atoms with Gasteiger partial charge < -0.3 is 15.0 Å². The first kappa shape index (κ1) is 20.1. The highest BCUT2D eigenvalue weighted by atomic mass is 32.1. The molecule has 0 aliphatic carbocycles. The van der Waals surface area contributed by atoms with Crippen molar-refractivity contribution in [3.63, 3.8) is 0 Å². The van der Waals surface area contributed by atoms with Crippen molar-refractivity contribution in [1.82, 2.24) is 9.88 Å². The SMILES string of the molecule is O=C(Nc1ccc(OCC(F)(F)F)nc1)C1CCCN1C(=O)Cc1cccs1. The lowest BCUT2D eigenvalue weighted by molar-refractivity contribution is -0.154. The van der Waals surface area contributed by atoms with Gasteiger partial charge in [-0.25, -0.2) is 4.98 Å². The normalized spacial score (nSPS) is 16.8. The van der Waals surface area contributed by atoms with Crippen molar-refractivity contribution < 1.29 is 27.5 Å². The van der Waals surface area contributed by atoms with Crippen molar-refractivity contribution in [2.24, 2.45) is 0 Å². The van der Waals surface area contributed by atoms with Crippen molar-refractivity contribution in [1.29, 1.82) is 0 Å². The molecule has 1 aliphatic rings. The molecule has 10 heteroatoms. The van der Waals surface area contributed by atoms with Gasteiger partial charge in [0.15, 0.2) is 6.61 Å². The Morgan fingerprint density at radius 2 is 2.14 bits per heavy atom. The van der Waals surface area contributed by atoms with Gasteiger partial charge in [-0.15, -0.1) is 11.3 Å². The molecule has 1 fully saturated rings. The van der Waals surface area contributed by atoms with E-state index in [1.807, 2.05) is 17.5 Å². The van der Waals surface area contributed by atoms with Gasteiger partial charge in [0, 0.05) is 17.5 Å². The third-order valence-electron chi connectivity index (χ3n) is 4.17. The van der Waals surface area contributed by atoms with Crippen molar-refractivity contribution in [3.05, 3.63) is 40.7 Å². The monoisotopic (exact) mass is 413 g/mol. The number of carbonyl (C=O) groups is 2. The van der Waals surface area contributed by atoms with Gasteiger partial charge in [-0.1, -0.05) is 6.07 Å². The molecule has 1 unspecified atom stereocenters. The second-order valence-corrected chi connectivity index (χ2v) is 7.31. The quantitative estimate of drug-likeness (QED) is 0.789. The van der Waals surface area contributed by atoms with Crippen LogP contribution in [0.15, 0.2) is 35.8 Å². The van der Waals surface area contributed by atoms with E-state index in [4.69, 9.17) is 0 Å². The molecule has 3 heterocycles. The Morgan fingerprint density at radius 3 is 2.79 bits per heavy atom. The summed E-state index contributed by atoms with van der Waals surface area (Å²) in [5.41, 5.74) is 0.321. The maximum Gasteiger partial charge on any atom is 0.422 e. The molecule has 0 saturated carbocycles. The molecule has 2 amide bonds. The van der Waals surface area contributed by atoms with Crippen molar-refractivity contribution in [2.75, 3.05) is 18.5 Å². The summed E-state index contributed by atoms with van der Waals surface area (Å²) in [6.45, 7) is -0.917. The van der Waals surface area contributed by atoms with Crippen molar-refractivity contribution >= 4 is 28.8 Å². The number of rotatable bonds is 6. The number of alkyl halides is 3. The molecule has 0 aromatic carbocycles. The van der Waals surface area contributed by atoms with Gasteiger partial charge in [-0.05, 0) is 30.4 Å². The van der Waals surface area contributed by atoms with Crippen LogP contribution >= 0.6 is 11.3 Å². The Hall–Kier alpha value is -2.62. The van der Waals surface area contributed by atoms with Gasteiger partial charge >= 0.3 is 6.18 Å². The molecule has 2 aromatic rings. The van der Waals surface area contributed by atoms with Crippen LogP contribution < -0.4 is 10.1 Å². The summed E-state index contributed by atoms with van der Waals surface area (Å²) in [5.74, 6) is -0.638. The van der Waals surface area contributed by atoms with E-state index >= 15 is 0 Å². The van der Waals surface area contributed by atoms with Crippen LogP contribution in [0.3, 0.4) is 0 Å². The fourth-order valence-electron chi connectivity index (χ4n) is 2.92. The maximum absolute atomic E-state index is 12.6. The standard InChI is InChI=1S/C18H18F3N3O3S/c19-18(20,21)11-27-15-6-5-12(10-22-15)23-17(26)14-4-1-7-24(14)16(25)9-13-3-2-8-28-13/h2-3,5-6,8,10,14H,1,4,7,9,11H2,(H,23,26). The first-order valence-corrected chi connectivity index (χ1v) is 9.48. The zero-order valence-electron chi connectivity index (χ0n) is 14.7. The number of ether oxygens (including phenoxy) is 1. The topological polar surface area (TPSA) is 71.5 Å². The summed E-state index contributed by atoms with van der Waals surface area (Å²) in [6, 6.07) is 5.82. The lowest BCUT2D eigenvalue weighted by atomic mass is 10.2. The van der Waals surface area contributed by atoms with Gasteiger partial charge in [0.05, 0.1) is 18.3 Å². The fourth-order valence-corrected chi connectivity index (χ4v) is 3.62. The van der Waals surface area contributed by atoms with Crippen molar-refractivity contribution in [3.8, 4) is 5.88 Å². The zero-order valence-corrected chi connectivity index (χ0v) is 15.6.